The van der Waals surface area contributed by atoms with Gasteiger partial charge in [0.2, 0.25) is 0 Å². The molecule has 70 valence electrons. The van der Waals surface area contributed by atoms with Gasteiger partial charge >= 0.3 is 6.00 Å². The minimum atomic E-state index is -2.38. The number of halogens is 3. The van der Waals surface area contributed by atoms with Crippen LogP contribution in [0.25, 0.3) is 0 Å². The average molecular weight is 246 g/mol. The quantitative estimate of drug-likeness (QED) is 0.548. The van der Waals surface area contributed by atoms with Crippen LogP contribution in [0.5, 0.6) is 0 Å². The molecule has 0 radical (unpaired) electrons. The summed E-state index contributed by atoms with van der Waals surface area (Å²) in [6.07, 6.45) is 2.83. The first-order valence-corrected chi connectivity index (χ1v) is 9.13. The third kappa shape index (κ3) is 4.55. The Kier molecular flexibility index (Phi) is 4.16. The molecule has 1 rings (SSSR count). The summed E-state index contributed by atoms with van der Waals surface area (Å²) in [4.78, 5) is 6.25. The molecule has 0 unspecified atom stereocenters. The Morgan fingerprint density at radius 3 is 2.67 bits per heavy atom. The second-order valence-corrected chi connectivity index (χ2v) is 12.1. The molecule has 0 aromatic rings. The molecular weight excluding hydrogens is 235 g/mol. The van der Waals surface area contributed by atoms with Gasteiger partial charge in [0.15, 0.2) is 0 Å². The lowest BCUT2D eigenvalue weighted by molar-refractivity contribution is 0.465. The van der Waals surface area contributed by atoms with Crippen LogP contribution in [-0.2, 0) is 0 Å². The van der Waals surface area contributed by atoms with E-state index in [0.29, 0.717) is 0 Å². The first-order chi connectivity index (χ1) is 5.58. The maximum absolute atomic E-state index is 5.74. The van der Waals surface area contributed by atoms with Gasteiger partial charge in [-0.3, -0.25) is 4.99 Å². The zero-order valence-electron chi connectivity index (χ0n) is 6.64. The van der Waals surface area contributed by atoms with Gasteiger partial charge in [-0.25, -0.2) is 0 Å². The number of hydrogen-bond donors (Lipinski definition) is 0. The summed E-state index contributed by atoms with van der Waals surface area (Å²) < 4.78 is 0. The molecular formula is C6H11Cl3N2Si. The normalized spacial score (nSPS) is 17.4. The van der Waals surface area contributed by atoms with Crippen LogP contribution in [0.3, 0.4) is 0 Å². The lowest BCUT2D eigenvalue weighted by atomic mass is 10.4. The van der Waals surface area contributed by atoms with Crippen molar-refractivity contribution in [1.29, 1.82) is 0 Å². The Hall–Kier alpha value is 0.557. The Balaban J connectivity index is 2.06. The average Bonchev–Trinajstić information content (AvgIpc) is 2.36. The predicted molar refractivity (Wildman–Crippen MR) is 57.7 cm³/mol. The highest BCUT2D eigenvalue weighted by atomic mass is 35.8. The van der Waals surface area contributed by atoms with Crippen molar-refractivity contribution in [2.45, 2.75) is 12.5 Å². The lowest BCUT2D eigenvalue weighted by Gasteiger charge is -2.14. The fourth-order valence-corrected chi connectivity index (χ4v) is 2.83. The zero-order chi connectivity index (χ0) is 9.03. The molecule has 0 fully saturated rings. The van der Waals surface area contributed by atoms with Crippen molar-refractivity contribution in [3.8, 4) is 0 Å². The Labute approximate surface area is 87.6 Å². The van der Waals surface area contributed by atoms with E-state index < -0.39 is 6.00 Å². The summed E-state index contributed by atoms with van der Waals surface area (Å²) in [5.74, 6) is 0. The van der Waals surface area contributed by atoms with E-state index in [9.17, 15) is 0 Å². The molecule has 0 saturated heterocycles. The van der Waals surface area contributed by atoms with E-state index in [1.165, 1.54) is 0 Å². The van der Waals surface area contributed by atoms with Crippen LogP contribution >= 0.6 is 33.2 Å². The van der Waals surface area contributed by atoms with Crippen LogP contribution in [0, 0.1) is 0 Å². The molecule has 0 aromatic heterocycles. The highest BCUT2D eigenvalue weighted by molar-refractivity contribution is 7.64. The molecule has 0 atom stereocenters. The molecule has 0 amide bonds. The molecule has 0 aromatic carbocycles. The Morgan fingerprint density at radius 2 is 2.17 bits per heavy atom. The Bertz CT molecular complexity index is 169. The van der Waals surface area contributed by atoms with E-state index in [1.54, 1.807) is 0 Å². The van der Waals surface area contributed by atoms with Gasteiger partial charge in [-0.05, 0) is 12.5 Å². The van der Waals surface area contributed by atoms with Gasteiger partial charge in [0.25, 0.3) is 0 Å². The highest BCUT2D eigenvalue weighted by Gasteiger charge is 2.24. The highest BCUT2D eigenvalue weighted by Crippen LogP contribution is 2.26. The van der Waals surface area contributed by atoms with Gasteiger partial charge in [-0.15, -0.1) is 33.2 Å². The predicted octanol–water partition coefficient (Wildman–Crippen LogP) is 2.38. The molecule has 0 bridgehead atoms. The van der Waals surface area contributed by atoms with Crippen molar-refractivity contribution in [3.63, 3.8) is 0 Å². The minimum absolute atomic E-state index is 0.738. The smallest absolute Gasteiger partial charge is 0.341 e. The zero-order valence-corrected chi connectivity index (χ0v) is 9.91. The van der Waals surface area contributed by atoms with Gasteiger partial charge < -0.3 is 4.90 Å². The largest absolute Gasteiger partial charge is 0.361 e. The van der Waals surface area contributed by atoms with Crippen LogP contribution in [0.15, 0.2) is 4.99 Å². The molecule has 1 aliphatic rings. The third-order valence-corrected chi connectivity index (χ3v) is 4.29. The van der Waals surface area contributed by atoms with E-state index in [1.807, 2.05) is 6.34 Å². The van der Waals surface area contributed by atoms with Crippen molar-refractivity contribution in [2.24, 2.45) is 4.99 Å². The fourth-order valence-electron chi connectivity index (χ4n) is 1.07. The second-order valence-electron chi connectivity index (χ2n) is 2.78. The number of nitrogens with zero attached hydrogens (tertiary/aromatic N) is 2. The van der Waals surface area contributed by atoms with Crippen LogP contribution in [0.4, 0.5) is 0 Å². The van der Waals surface area contributed by atoms with Crippen molar-refractivity contribution in [1.82, 2.24) is 4.90 Å². The first-order valence-electron chi connectivity index (χ1n) is 3.89. The van der Waals surface area contributed by atoms with Crippen LogP contribution in [0.1, 0.15) is 6.42 Å². The SMILES string of the molecule is Cl[Si](Cl)(Cl)CCCN1C=NCC1. The molecule has 0 saturated carbocycles. The lowest BCUT2D eigenvalue weighted by Crippen LogP contribution is -2.22. The summed E-state index contributed by atoms with van der Waals surface area (Å²) in [5.41, 5.74) is 0. The fraction of sp³-hybridized carbons (Fsp3) is 0.833. The van der Waals surface area contributed by atoms with E-state index in [0.717, 1.165) is 32.1 Å². The summed E-state index contributed by atoms with van der Waals surface area (Å²) in [5, 5.41) is 0. The van der Waals surface area contributed by atoms with Gasteiger partial charge in [0.1, 0.15) is 0 Å². The topological polar surface area (TPSA) is 15.6 Å². The van der Waals surface area contributed by atoms with Crippen molar-refractivity contribution in [2.75, 3.05) is 19.6 Å². The molecule has 6 heteroatoms. The summed E-state index contributed by atoms with van der Waals surface area (Å²) >= 11 is 17.2. The molecule has 1 aliphatic heterocycles. The minimum Gasteiger partial charge on any atom is -0.361 e. The van der Waals surface area contributed by atoms with Gasteiger partial charge in [0.05, 0.1) is 12.9 Å². The number of rotatable bonds is 4. The van der Waals surface area contributed by atoms with Crippen molar-refractivity contribution >= 4 is 45.6 Å². The number of aliphatic imine (C=N–C) groups is 1. The van der Waals surface area contributed by atoms with Crippen LogP contribution in [-0.4, -0.2) is 36.9 Å². The van der Waals surface area contributed by atoms with Crippen molar-refractivity contribution < 1.29 is 0 Å². The molecule has 1 heterocycles. The van der Waals surface area contributed by atoms with Gasteiger partial charge in [-0.1, -0.05) is 0 Å². The Morgan fingerprint density at radius 1 is 1.42 bits per heavy atom. The molecule has 0 spiro atoms. The van der Waals surface area contributed by atoms with Gasteiger partial charge in [0, 0.05) is 13.1 Å². The van der Waals surface area contributed by atoms with Crippen molar-refractivity contribution in [3.05, 3.63) is 0 Å². The molecule has 0 N–H and O–H groups in total. The number of hydrogen-bond acceptors (Lipinski definition) is 2. The van der Waals surface area contributed by atoms with E-state index in [4.69, 9.17) is 33.2 Å². The summed E-state index contributed by atoms with van der Waals surface area (Å²) in [6.45, 7) is 2.89. The van der Waals surface area contributed by atoms with E-state index >= 15 is 0 Å². The maximum Gasteiger partial charge on any atom is 0.341 e. The standard InChI is InChI=1S/C6H11Cl3N2Si/c7-12(8,9)5-1-3-11-4-2-10-6-11/h6H,1-5H2. The maximum atomic E-state index is 5.74. The van der Waals surface area contributed by atoms with E-state index in [-0.39, 0.29) is 0 Å². The molecule has 12 heavy (non-hydrogen) atoms. The molecule has 0 aliphatic carbocycles. The summed E-state index contributed by atoms with van der Waals surface area (Å²) in [7, 11) is 0. The summed E-state index contributed by atoms with van der Waals surface area (Å²) in [6, 6.07) is -1.65. The van der Waals surface area contributed by atoms with Crippen LogP contribution in [0.2, 0.25) is 6.04 Å². The molecule has 2 nitrogen and oxygen atoms in total. The van der Waals surface area contributed by atoms with Crippen LogP contribution < -0.4 is 0 Å². The monoisotopic (exact) mass is 244 g/mol. The first kappa shape index (κ1) is 10.6. The van der Waals surface area contributed by atoms with E-state index in [2.05, 4.69) is 9.89 Å². The van der Waals surface area contributed by atoms with Gasteiger partial charge in [-0.2, -0.15) is 0 Å². The second kappa shape index (κ2) is 4.70. The third-order valence-electron chi connectivity index (χ3n) is 1.67.